The van der Waals surface area contributed by atoms with Gasteiger partial charge in [-0.15, -0.1) is 0 Å². The van der Waals surface area contributed by atoms with Gasteiger partial charge in [0.1, 0.15) is 5.76 Å². The van der Waals surface area contributed by atoms with Crippen molar-refractivity contribution in [2.45, 2.75) is 12.8 Å². The highest BCUT2D eigenvalue weighted by Crippen LogP contribution is 2.18. The Bertz CT molecular complexity index is 137. The summed E-state index contributed by atoms with van der Waals surface area (Å²) in [5.74, 6) is 0.581. The lowest BCUT2D eigenvalue weighted by Gasteiger charge is -2.10. The first-order valence-electron chi connectivity index (χ1n) is 2.39. The predicted octanol–water partition coefficient (Wildman–Crippen LogP) is 1.36. The molecule has 0 atom stereocenters. The molecule has 1 rings (SSSR count). The van der Waals surface area contributed by atoms with Crippen molar-refractivity contribution >= 4 is 6.16 Å². The first-order valence-corrected chi connectivity index (χ1v) is 2.39. The largest absolute Gasteiger partial charge is 0.511 e. The molecule has 0 aromatic heterocycles. The highest BCUT2D eigenvalue weighted by Gasteiger charge is 2.09. The molecule has 3 nitrogen and oxygen atoms in total. The topological polar surface area (TPSA) is 46.5 Å². The number of ether oxygens (including phenoxy) is 1. The maximum Gasteiger partial charge on any atom is 0.511 e. The van der Waals surface area contributed by atoms with E-state index in [1.807, 2.05) is 0 Å². The molecular formula is C5H6O3. The van der Waals surface area contributed by atoms with Crippen LogP contribution in [0.4, 0.5) is 4.79 Å². The Labute approximate surface area is 46.6 Å². The van der Waals surface area contributed by atoms with Crippen LogP contribution in [0.25, 0.3) is 0 Å². The van der Waals surface area contributed by atoms with E-state index in [0.29, 0.717) is 5.76 Å². The van der Waals surface area contributed by atoms with Crippen molar-refractivity contribution in [3.63, 3.8) is 0 Å². The molecular weight excluding hydrogens is 108 g/mol. The smallest absolute Gasteiger partial charge is 0.449 e. The summed E-state index contributed by atoms with van der Waals surface area (Å²) >= 11 is 0. The molecule has 0 aromatic rings. The van der Waals surface area contributed by atoms with Crippen LogP contribution in [-0.2, 0) is 4.74 Å². The van der Waals surface area contributed by atoms with Crippen molar-refractivity contribution in [2.24, 2.45) is 0 Å². The molecule has 0 radical (unpaired) electrons. The summed E-state index contributed by atoms with van der Waals surface area (Å²) in [5, 5.41) is 7.99. The van der Waals surface area contributed by atoms with E-state index < -0.39 is 6.16 Å². The van der Waals surface area contributed by atoms with E-state index in [4.69, 9.17) is 5.11 Å². The standard InChI is InChI=1S/C5H6O3/c6-5(7)8-4-2-1-3-4/h2H,1,3H2,(H,6,7). The monoisotopic (exact) mass is 114 g/mol. The number of carboxylic acid groups (broad SMARTS) is 1. The highest BCUT2D eigenvalue weighted by molar-refractivity contribution is 5.58. The minimum atomic E-state index is -1.21. The lowest BCUT2D eigenvalue weighted by molar-refractivity contribution is 0.113. The number of carbonyl (C=O) groups is 1. The van der Waals surface area contributed by atoms with Gasteiger partial charge in [0.15, 0.2) is 0 Å². The van der Waals surface area contributed by atoms with Crippen LogP contribution in [0.15, 0.2) is 11.8 Å². The molecule has 1 N–H and O–H groups in total. The van der Waals surface area contributed by atoms with Gasteiger partial charge < -0.3 is 9.84 Å². The van der Waals surface area contributed by atoms with Crippen LogP contribution < -0.4 is 0 Å². The SMILES string of the molecule is O=C(O)OC1=CCC1. The van der Waals surface area contributed by atoms with Crippen molar-refractivity contribution in [1.29, 1.82) is 0 Å². The summed E-state index contributed by atoms with van der Waals surface area (Å²) in [5.41, 5.74) is 0. The summed E-state index contributed by atoms with van der Waals surface area (Å²) in [6, 6.07) is 0. The van der Waals surface area contributed by atoms with E-state index in [1.165, 1.54) is 0 Å². The van der Waals surface area contributed by atoms with Crippen LogP contribution in [0, 0.1) is 0 Å². The first-order chi connectivity index (χ1) is 3.79. The Morgan fingerprint density at radius 3 is 2.62 bits per heavy atom. The molecule has 0 fully saturated rings. The van der Waals surface area contributed by atoms with E-state index in [2.05, 4.69) is 4.74 Å². The molecule has 0 aromatic carbocycles. The molecule has 1 aliphatic carbocycles. The molecule has 0 saturated heterocycles. The van der Waals surface area contributed by atoms with Crippen LogP contribution in [0.3, 0.4) is 0 Å². The van der Waals surface area contributed by atoms with E-state index in [0.717, 1.165) is 12.8 Å². The second-order valence-electron chi connectivity index (χ2n) is 1.58. The molecule has 0 amide bonds. The van der Waals surface area contributed by atoms with Gasteiger partial charge in [0.25, 0.3) is 0 Å². The number of hydrogen-bond acceptors (Lipinski definition) is 2. The van der Waals surface area contributed by atoms with Crippen molar-refractivity contribution in [2.75, 3.05) is 0 Å². The van der Waals surface area contributed by atoms with Gasteiger partial charge in [-0.3, -0.25) is 0 Å². The van der Waals surface area contributed by atoms with Crippen LogP contribution in [0.2, 0.25) is 0 Å². The zero-order valence-electron chi connectivity index (χ0n) is 4.26. The second-order valence-corrected chi connectivity index (χ2v) is 1.58. The fraction of sp³-hybridized carbons (Fsp3) is 0.400. The van der Waals surface area contributed by atoms with E-state index in [9.17, 15) is 4.79 Å². The average Bonchev–Trinajstić information content (AvgIpc) is 1.55. The van der Waals surface area contributed by atoms with Gasteiger partial charge >= 0.3 is 6.16 Å². The maximum atomic E-state index is 9.74. The Morgan fingerprint density at radius 2 is 2.50 bits per heavy atom. The van der Waals surface area contributed by atoms with Crippen molar-refractivity contribution in [3.05, 3.63) is 11.8 Å². The Kier molecular flexibility index (Phi) is 1.20. The summed E-state index contributed by atoms with van der Waals surface area (Å²) < 4.78 is 4.26. The molecule has 0 spiro atoms. The number of hydrogen-bond donors (Lipinski definition) is 1. The summed E-state index contributed by atoms with van der Waals surface area (Å²) in [7, 11) is 0. The van der Waals surface area contributed by atoms with Crippen molar-refractivity contribution in [3.8, 4) is 0 Å². The molecule has 0 heterocycles. The fourth-order valence-corrected chi connectivity index (χ4v) is 0.467. The summed E-state index contributed by atoms with van der Waals surface area (Å²) in [4.78, 5) is 9.74. The zero-order valence-corrected chi connectivity index (χ0v) is 4.26. The normalized spacial score (nSPS) is 16.2. The van der Waals surface area contributed by atoms with Gasteiger partial charge in [0.2, 0.25) is 0 Å². The van der Waals surface area contributed by atoms with Gasteiger partial charge in [-0.25, -0.2) is 4.79 Å². The molecule has 0 unspecified atom stereocenters. The van der Waals surface area contributed by atoms with E-state index in [-0.39, 0.29) is 0 Å². The zero-order chi connectivity index (χ0) is 5.98. The van der Waals surface area contributed by atoms with Gasteiger partial charge in [-0.1, -0.05) is 0 Å². The van der Waals surface area contributed by atoms with Crippen LogP contribution in [0.5, 0.6) is 0 Å². The van der Waals surface area contributed by atoms with Crippen LogP contribution in [0.1, 0.15) is 12.8 Å². The second kappa shape index (κ2) is 1.86. The molecule has 0 aliphatic heterocycles. The number of rotatable bonds is 1. The highest BCUT2D eigenvalue weighted by atomic mass is 16.7. The molecule has 0 saturated carbocycles. The van der Waals surface area contributed by atoms with Gasteiger partial charge in [0, 0.05) is 6.42 Å². The van der Waals surface area contributed by atoms with Gasteiger partial charge in [-0.05, 0) is 12.5 Å². The molecule has 44 valence electrons. The quantitative estimate of drug-likeness (QED) is 0.523. The van der Waals surface area contributed by atoms with Crippen molar-refractivity contribution < 1.29 is 14.6 Å². The fourth-order valence-electron chi connectivity index (χ4n) is 0.467. The van der Waals surface area contributed by atoms with Gasteiger partial charge in [-0.2, -0.15) is 0 Å². The Morgan fingerprint density at radius 1 is 1.88 bits per heavy atom. The Hall–Kier alpha value is -0.990. The predicted molar refractivity (Wildman–Crippen MR) is 26.4 cm³/mol. The lowest BCUT2D eigenvalue weighted by Crippen LogP contribution is -2.04. The lowest BCUT2D eigenvalue weighted by atomic mass is 10.1. The minimum absolute atomic E-state index is 0.581. The third kappa shape index (κ3) is 0.992. The van der Waals surface area contributed by atoms with Crippen LogP contribution >= 0.6 is 0 Å². The van der Waals surface area contributed by atoms with Crippen LogP contribution in [-0.4, -0.2) is 11.3 Å². The van der Waals surface area contributed by atoms with Crippen molar-refractivity contribution in [1.82, 2.24) is 0 Å². The third-order valence-corrected chi connectivity index (χ3v) is 0.981. The summed E-state index contributed by atoms with van der Waals surface area (Å²) in [6.07, 6.45) is 2.26. The average molecular weight is 114 g/mol. The Balaban J connectivity index is 2.29. The first kappa shape index (κ1) is 5.15. The number of allylic oxidation sites excluding steroid dienone is 2. The molecule has 0 bridgehead atoms. The molecule has 8 heavy (non-hydrogen) atoms. The maximum absolute atomic E-state index is 9.74. The summed E-state index contributed by atoms with van der Waals surface area (Å²) in [6.45, 7) is 0. The minimum Gasteiger partial charge on any atom is -0.449 e. The molecule has 3 heteroatoms. The molecule has 1 aliphatic rings. The van der Waals surface area contributed by atoms with E-state index in [1.54, 1.807) is 6.08 Å². The van der Waals surface area contributed by atoms with E-state index >= 15 is 0 Å². The third-order valence-electron chi connectivity index (χ3n) is 0.981. The van der Waals surface area contributed by atoms with Gasteiger partial charge in [0.05, 0.1) is 0 Å².